The second-order valence-corrected chi connectivity index (χ2v) is 5.46. The fourth-order valence-corrected chi connectivity index (χ4v) is 2.29. The number of nitrogens with one attached hydrogen (secondary N) is 2. The average Bonchev–Trinajstić information content (AvgIpc) is 2.35. The van der Waals surface area contributed by atoms with Crippen LogP contribution in [0.2, 0.25) is 0 Å². The van der Waals surface area contributed by atoms with E-state index < -0.39 is 0 Å². The normalized spacial score (nSPS) is 18.7. The Morgan fingerprint density at radius 3 is 2.50 bits per heavy atom. The second-order valence-electron chi connectivity index (χ2n) is 5.46. The van der Waals surface area contributed by atoms with Gasteiger partial charge in [0.15, 0.2) is 0 Å². The van der Waals surface area contributed by atoms with E-state index in [0.717, 1.165) is 12.8 Å². The number of hydrogen-bond acceptors (Lipinski definition) is 2. The van der Waals surface area contributed by atoms with Crippen LogP contribution < -0.4 is 10.6 Å². The Morgan fingerprint density at radius 1 is 1.28 bits per heavy atom. The van der Waals surface area contributed by atoms with E-state index in [1.807, 2.05) is 6.92 Å². The molecule has 0 saturated heterocycles. The van der Waals surface area contributed by atoms with Crippen LogP contribution in [0.1, 0.15) is 52.9 Å². The summed E-state index contributed by atoms with van der Waals surface area (Å²) in [4.78, 5) is 11.9. The molecule has 4 heteroatoms. The van der Waals surface area contributed by atoms with Crippen molar-refractivity contribution >= 4 is 6.03 Å². The Labute approximate surface area is 111 Å². The monoisotopic (exact) mass is 256 g/mol. The van der Waals surface area contributed by atoms with E-state index in [4.69, 9.17) is 4.74 Å². The third kappa shape index (κ3) is 5.71. The predicted molar refractivity (Wildman–Crippen MR) is 73.7 cm³/mol. The first-order valence-electron chi connectivity index (χ1n) is 7.28. The highest BCUT2D eigenvalue weighted by Crippen LogP contribution is 2.17. The summed E-state index contributed by atoms with van der Waals surface area (Å²) in [5, 5.41) is 6.10. The van der Waals surface area contributed by atoms with Crippen LogP contribution in [0.4, 0.5) is 4.79 Å². The fraction of sp³-hybridized carbons (Fsp3) is 0.929. The smallest absolute Gasteiger partial charge is 0.315 e. The molecule has 1 atom stereocenters. The minimum Gasteiger partial charge on any atom is -0.380 e. The Balaban J connectivity index is 2.30. The molecule has 0 spiro atoms. The van der Waals surface area contributed by atoms with E-state index in [0.29, 0.717) is 25.2 Å². The van der Waals surface area contributed by atoms with E-state index in [2.05, 4.69) is 24.5 Å². The maximum atomic E-state index is 11.9. The third-order valence-electron chi connectivity index (χ3n) is 3.56. The number of amides is 2. The first kappa shape index (κ1) is 15.3. The summed E-state index contributed by atoms with van der Waals surface area (Å²) in [6.07, 6.45) is 6.00. The number of hydrogen-bond donors (Lipinski definition) is 2. The van der Waals surface area contributed by atoms with Gasteiger partial charge in [-0.2, -0.15) is 0 Å². The van der Waals surface area contributed by atoms with Gasteiger partial charge in [-0.1, -0.05) is 33.1 Å². The van der Waals surface area contributed by atoms with Gasteiger partial charge in [-0.3, -0.25) is 0 Å². The summed E-state index contributed by atoms with van der Waals surface area (Å²) in [5.74, 6) is 0.383. The van der Waals surface area contributed by atoms with E-state index >= 15 is 0 Å². The van der Waals surface area contributed by atoms with Crippen LogP contribution in [0, 0.1) is 5.92 Å². The molecule has 2 N–H and O–H groups in total. The molecule has 1 aliphatic rings. The van der Waals surface area contributed by atoms with Crippen molar-refractivity contribution in [3.05, 3.63) is 0 Å². The molecule has 0 bridgehead atoms. The molecule has 4 nitrogen and oxygen atoms in total. The molecule has 1 aliphatic carbocycles. The zero-order chi connectivity index (χ0) is 13.4. The summed E-state index contributed by atoms with van der Waals surface area (Å²) < 4.78 is 5.41. The molecular weight excluding hydrogens is 228 g/mol. The average molecular weight is 256 g/mol. The van der Waals surface area contributed by atoms with Gasteiger partial charge in [0.1, 0.15) is 0 Å². The van der Waals surface area contributed by atoms with Crippen LogP contribution in [-0.2, 0) is 4.74 Å². The number of ether oxygens (including phenoxy) is 1. The number of carbonyl (C=O) groups excluding carboxylic acids is 1. The van der Waals surface area contributed by atoms with Gasteiger partial charge in [-0.25, -0.2) is 4.79 Å². The minimum absolute atomic E-state index is 0.0414. The maximum absolute atomic E-state index is 11.9. The van der Waals surface area contributed by atoms with Gasteiger partial charge in [-0.15, -0.1) is 0 Å². The Morgan fingerprint density at radius 2 is 1.94 bits per heavy atom. The van der Waals surface area contributed by atoms with Crippen molar-refractivity contribution < 1.29 is 9.53 Å². The summed E-state index contributed by atoms with van der Waals surface area (Å²) in [7, 11) is 0. The lowest BCUT2D eigenvalue weighted by Gasteiger charge is -2.26. The Kier molecular flexibility index (Phi) is 7.09. The largest absolute Gasteiger partial charge is 0.380 e. The van der Waals surface area contributed by atoms with Crippen LogP contribution in [-0.4, -0.2) is 31.3 Å². The molecular formula is C14H28N2O2. The lowest BCUT2D eigenvalue weighted by atomic mass is 9.96. The molecule has 18 heavy (non-hydrogen) atoms. The summed E-state index contributed by atoms with van der Waals surface area (Å²) in [6, 6.07) is 0.410. The van der Waals surface area contributed by atoms with Gasteiger partial charge in [0.25, 0.3) is 0 Å². The fourth-order valence-electron chi connectivity index (χ4n) is 2.29. The molecule has 0 aromatic rings. The van der Waals surface area contributed by atoms with Gasteiger partial charge in [0, 0.05) is 12.6 Å². The zero-order valence-electron chi connectivity index (χ0n) is 12.0. The van der Waals surface area contributed by atoms with E-state index in [9.17, 15) is 4.79 Å². The second kappa shape index (κ2) is 8.35. The minimum atomic E-state index is -0.0414. The van der Waals surface area contributed by atoms with Gasteiger partial charge >= 0.3 is 6.03 Å². The standard InChI is InChI=1S/C14H28N2O2/c1-4-18-10-13(11(2)3)16-14(17)15-12-8-6-5-7-9-12/h11-13H,4-10H2,1-3H3,(H2,15,16,17). The lowest BCUT2D eigenvalue weighted by Crippen LogP contribution is -2.49. The Hall–Kier alpha value is -0.770. The van der Waals surface area contributed by atoms with Crippen molar-refractivity contribution in [3.63, 3.8) is 0 Å². The number of carbonyl (C=O) groups is 1. The van der Waals surface area contributed by atoms with Gasteiger partial charge < -0.3 is 15.4 Å². The summed E-state index contributed by atoms with van der Waals surface area (Å²) >= 11 is 0. The van der Waals surface area contributed by atoms with Crippen molar-refractivity contribution in [1.29, 1.82) is 0 Å². The molecule has 0 heterocycles. The van der Waals surface area contributed by atoms with Crippen LogP contribution >= 0.6 is 0 Å². The molecule has 0 aliphatic heterocycles. The molecule has 2 amide bonds. The summed E-state index contributed by atoms with van der Waals surface area (Å²) in [6.45, 7) is 7.45. The van der Waals surface area contributed by atoms with Crippen LogP contribution in [0.3, 0.4) is 0 Å². The van der Waals surface area contributed by atoms with Crippen molar-refractivity contribution in [2.45, 2.75) is 65.0 Å². The first-order valence-corrected chi connectivity index (χ1v) is 7.28. The SMILES string of the molecule is CCOCC(NC(=O)NC1CCCCC1)C(C)C. The maximum Gasteiger partial charge on any atom is 0.315 e. The van der Waals surface area contributed by atoms with E-state index in [-0.39, 0.29) is 12.1 Å². The molecule has 0 aromatic heterocycles. The predicted octanol–water partition coefficient (Wildman–Crippen LogP) is 2.68. The quantitative estimate of drug-likeness (QED) is 0.767. The van der Waals surface area contributed by atoms with Crippen LogP contribution in [0.5, 0.6) is 0 Å². The van der Waals surface area contributed by atoms with Gasteiger partial charge in [-0.05, 0) is 25.7 Å². The van der Waals surface area contributed by atoms with E-state index in [1.54, 1.807) is 0 Å². The van der Waals surface area contributed by atoms with Crippen molar-refractivity contribution in [2.24, 2.45) is 5.92 Å². The zero-order valence-corrected chi connectivity index (χ0v) is 12.0. The molecule has 1 unspecified atom stereocenters. The molecule has 1 fully saturated rings. The van der Waals surface area contributed by atoms with E-state index in [1.165, 1.54) is 19.3 Å². The highest BCUT2D eigenvalue weighted by Gasteiger charge is 2.19. The lowest BCUT2D eigenvalue weighted by molar-refractivity contribution is 0.110. The number of rotatable bonds is 6. The van der Waals surface area contributed by atoms with Crippen molar-refractivity contribution in [1.82, 2.24) is 10.6 Å². The number of urea groups is 1. The molecule has 1 saturated carbocycles. The van der Waals surface area contributed by atoms with Crippen LogP contribution in [0.15, 0.2) is 0 Å². The van der Waals surface area contributed by atoms with Gasteiger partial charge in [0.2, 0.25) is 0 Å². The first-order chi connectivity index (χ1) is 8.63. The van der Waals surface area contributed by atoms with Crippen molar-refractivity contribution in [2.75, 3.05) is 13.2 Å². The molecule has 106 valence electrons. The molecule has 0 aromatic carbocycles. The highest BCUT2D eigenvalue weighted by molar-refractivity contribution is 5.74. The molecule has 1 rings (SSSR count). The van der Waals surface area contributed by atoms with Crippen molar-refractivity contribution in [3.8, 4) is 0 Å². The topological polar surface area (TPSA) is 50.4 Å². The highest BCUT2D eigenvalue weighted by atomic mass is 16.5. The molecule has 0 radical (unpaired) electrons. The summed E-state index contributed by atoms with van der Waals surface area (Å²) in [5.41, 5.74) is 0. The van der Waals surface area contributed by atoms with Crippen LogP contribution in [0.25, 0.3) is 0 Å². The third-order valence-corrected chi connectivity index (χ3v) is 3.56. The van der Waals surface area contributed by atoms with Gasteiger partial charge in [0.05, 0.1) is 12.6 Å². The Bertz CT molecular complexity index is 238.